The molecule has 2 heterocycles. The molecule has 2 aromatic heterocycles. The predicted octanol–water partition coefficient (Wildman–Crippen LogP) is 2.84. The Morgan fingerprint density at radius 3 is 3.11 bits per heavy atom. The van der Waals surface area contributed by atoms with Crippen LogP contribution < -0.4 is 10.1 Å². The molecule has 0 saturated carbocycles. The first-order valence-corrected chi connectivity index (χ1v) is 6.87. The fraction of sp³-hybridized carbons (Fsp3) is 0.167. The lowest BCUT2D eigenvalue weighted by molar-refractivity contribution is 0.0948. The maximum absolute atomic E-state index is 12.0. The molecule has 0 fully saturated rings. The molecule has 94 valence electrons. The number of halogens is 1. The van der Waals surface area contributed by atoms with E-state index in [1.807, 2.05) is 11.4 Å². The Labute approximate surface area is 117 Å². The van der Waals surface area contributed by atoms with Crippen LogP contribution >= 0.6 is 27.3 Å². The standard InChI is InChI=1S/C12H11BrN2O2S/c1-17-11-6-14-3-2-10(11)12(16)15-5-9-4-8(13)7-18-9/h2-4,6-7H,5H2,1H3,(H,15,16). The van der Waals surface area contributed by atoms with E-state index in [0.29, 0.717) is 17.9 Å². The van der Waals surface area contributed by atoms with Crippen LogP contribution in [0.1, 0.15) is 15.2 Å². The van der Waals surface area contributed by atoms with Crippen LogP contribution in [0.4, 0.5) is 0 Å². The zero-order chi connectivity index (χ0) is 13.0. The van der Waals surface area contributed by atoms with Gasteiger partial charge in [-0.1, -0.05) is 0 Å². The van der Waals surface area contributed by atoms with E-state index < -0.39 is 0 Å². The number of rotatable bonds is 4. The Morgan fingerprint density at radius 1 is 1.61 bits per heavy atom. The van der Waals surface area contributed by atoms with Crippen molar-refractivity contribution in [1.29, 1.82) is 0 Å². The summed E-state index contributed by atoms with van der Waals surface area (Å²) in [6.07, 6.45) is 3.09. The van der Waals surface area contributed by atoms with Gasteiger partial charge in [0.25, 0.3) is 5.91 Å². The van der Waals surface area contributed by atoms with E-state index in [1.54, 1.807) is 23.6 Å². The van der Waals surface area contributed by atoms with Gasteiger partial charge in [-0.3, -0.25) is 9.78 Å². The number of pyridine rings is 1. The summed E-state index contributed by atoms with van der Waals surface area (Å²) in [6.45, 7) is 0.501. The van der Waals surface area contributed by atoms with Gasteiger partial charge in [-0.05, 0) is 28.1 Å². The average Bonchev–Trinajstić information content (AvgIpc) is 2.81. The third-order valence-corrected chi connectivity index (χ3v) is 3.99. The van der Waals surface area contributed by atoms with Crippen molar-refractivity contribution in [3.8, 4) is 5.75 Å². The van der Waals surface area contributed by atoms with E-state index in [-0.39, 0.29) is 5.91 Å². The topological polar surface area (TPSA) is 51.2 Å². The van der Waals surface area contributed by atoms with Crippen LogP contribution in [0.2, 0.25) is 0 Å². The Kier molecular flexibility index (Phi) is 4.33. The molecule has 6 heteroatoms. The predicted molar refractivity (Wildman–Crippen MR) is 74.0 cm³/mol. The van der Waals surface area contributed by atoms with Crippen molar-refractivity contribution in [2.45, 2.75) is 6.54 Å². The molecule has 1 N–H and O–H groups in total. The Bertz CT molecular complexity index is 557. The highest BCUT2D eigenvalue weighted by Crippen LogP contribution is 2.20. The van der Waals surface area contributed by atoms with Crippen LogP contribution in [0.3, 0.4) is 0 Å². The molecule has 2 aromatic rings. The van der Waals surface area contributed by atoms with Crippen molar-refractivity contribution < 1.29 is 9.53 Å². The number of methoxy groups -OCH3 is 1. The highest BCUT2D eigenvalue weighted by molar-refractivity contribution is 9.10. The molecule has 0 aliphatic rings. The maximum atomic E-state index is 12.0. The second-order valence-corrected chi connectivity index (χ2v) is 5.40. The highest BCUT2D eigenvalue weighted by Gasteiger charge is 2.11. The lowest BCUT2D eigenvalue weighted by atomic mass is 10.2. The second-order valence-electron chi connectivity index (χ2n) is 3.49. The van der Waals surface area contributed by atoms with E-state index in [1.165, 1.54) is 13.3 Å². The van der Waals surface area contributed by atoms with Gasteiger partial charge in [-0.2, -0.15) is 0 Å². The van der Waals surface area contributed by atoms with E-state index in [2.05, 4.69) is 26.2 Å². The SMILES string of the molecule is COc1cnccc1C(=O)NCc1cc(Br)cs1. The van der Waals surface area contributed by atoms with Crippen LogP contribution in [0.25, 0.3) is 0 Å². The summed E-state index contributed by atoms with van der Waals surface area (Å²) >= 11 is 4.97. The first-order chi connectivity index (χ1) is 8.70. The Morgan fingerprint density at radius 2 is 2.44 bits per heavy atom. The van der Waals surface area contributed by atoms with E-state index in [0.717, 1.165) is 9.35 Å². The van der Waals surface area contributed by atoms with Crippen LogP contribution in [0.15, 0.2) is 34.4 Å². The first kappa shape index (κ1) is 13.0. The first-order valence-electron chi connectivity index (χ1n) is 5.20. The van der Waals surface area contributed by atoms with Gasteiger partial charge in [0, 0.05) is 20.9 Å². The van der Waals surface area contributed by atoms with Crippen LogP contribution in [-0.4, -0.2) is 18.0 Å². The summed E-state index contributed by atoms with van der Waals surface area (Å²) in [4.78, 5) is 17.0. The summed E-state index contributed by atoms with van der Waals surface area (Å²) in [7, 11) is 1.52. The smallest absolute Gasteiger partial charge is 0.255 e. The van der Waals surface area contributed by atoms with E-state index >= 15 is 0 Å². The molecule has 0 atom stereocenters. The quantitative estimate of drug-likeness (QED) is 0.939. The molecule has 0 saturated heterocycles. The molecular formula is C12H11BrN2O2S. The number of hydrogen-bond acceptors (Lipinski definition) is 4. The minimum Gasteiger partial charge on any atom is -0.494 e. The molecule has 2 rings (SSSR count). The number of nitrogens with one attached hydrogen (secondary N) is 1. The number of thiophene rings is 1. The maximum Gasteiger partial charge on any atom is 0.255 e. The Balaban J connectivity index is 2.03. The number of amides is 1. The van der Waals surface area contributed by atoms with Crippen LogP contribution in [-0.2, 0) is 6.54 Å². The van der Waals surface area contributed by atoms with Gasteiger partial charge in [-0.15, -0.1) is 11.3 Å². The number of aromatic nitrogens is 1. The molecule has 0 spiro atoms. The summed E-state index contributed by atoms with van der Waals surface area (Å²) in [5.41, 5.74) is 0.489. The van der Waals surface area contributed by atoms with Gasteiger partial charge in [-0.25, -0.2) is 0 Å². The van der Waals surface area contributed by atoms with Gasteiger partial charge >= 0.3 is 0 Å². The van der Waals surface area contributed by atoms with Crippen LogP contribution in [0.5, 0.6) is 5.75 Å². The zero-order valence-electron chi connectivity index (χ0n) is 9.64. The summed E-state index contributed by atoms with van der Waals surface area (Å²) in [5.74, 6) is 0.307. The number of hydrogen-bond donors (Lipinski definition) is 1. The molecule has 0 bridgehead atoms. The van der Waals surface area contributed by atoms with Crippen molar-refractivity contribution >= 4 is 33.2 Å². The monoisotopic (exact) mass is 326 g/mol. The molecular weight excluding hydrogens is 316 g/mol. The normalized spacial score (nSPS) is 10.1. The molecule has 0 aliphatic carbocycles. The molecule has 0 unspecified atom stereocenters. The Hall–Kier alpha value is -1.40. The van der Waals surface area contributed by atoms with Gasteiger partial charge < -0.3 is 10.1 Å². The molecule has 18 heavy (non-hydrogen) atoms. The number of nitrogens with zero attached hydrogens (tertiary/aromatic N) is 1. The summed E-state index contributed by atoms with van der Waals surface area (Å²) < 4.78 is 6.12. The van der Waals surface area contributed by atoms with Gasteiger partial charge in [0.05, 0.1) is 25.4 Å². The van der Waals surface area contributed by atoms with Gasteiger partial charge in [0.1, 0.15) is 5.75 Å². The third-order valence-electron chi connectivity index (χ3n) is 2.29. The average molecular weight is 327 g/mol. The molecule has 0 aliphatic heterocycles. The lowest BCUT2D eigenvalue weighted by Crippen LogP contribution is -2.22. The fourth-order valence-corrected chi connectivity index (χ4v) is 2.83. The summed E-state index contributed by atoms with van der Waals surface area (Å²) in [5, 5.41) is 4.83. The minimum atomic E-state index is -0.168. The molecule has 0 aromatic carbocycles. The molecule has 4 nitrogen and oxygen atoms in total. The molecule has 0 radical (unpaired) electrons. The third kappa shape index (κ3) is 3.08. The number of carbonyl (C=O) groups excluding carboxylic acids is 1. The van der Waals surface area contributed by atoms with E-state index in [4.69, 9.17) is 4.74 Å². The second kappa shape index (κ2) is 5.97. The van der Waals surface area contributed by atoms with Gasteiger partial charge in [0.2, 0.25) is 0 Å². The zero-order valence-corrected chi connectivity index (χ0v) is 12.0. The van der Waals surface area contributed by atoms with Crippen molar-refractivity contribution in [3.63, 3.8) is 0 Å². The van der Waals surface area contributed by atoms with Gasteiger partial charge in [0.15, 0.2) is 0 Å². The fourth-order valence-electron chi connectivity index (χ4n) is 1.44. The minimum absolute atomic E-state index is 0.168. The van der Waals surface area contributed by atoms with Crippen molar-refractivity contribution in [1.82, 2.24) is 10.3 Å². The van der Waals surface area contributed by atoms with Crippen molar-refractivity contribution in [3.05, 3.63) is 44.8 Å². The largest absolute Gasteiger partial charge is 0.494 e. The van der Waals surface area contributed by atoms with E-state index in [9.17, 15) is 4.79 Å². The molecule has 1 amide bonds. The number of carbonyl (C=O) groups is 1. The number of ether oxygens (including phenoxy) is 1. The highest BCUT2D eigenvalue weighted by atomic mass is 79.9. The lowest BCUT2D eigenvalue weighted by Gasteiger charge is -2.07. The van der Waals surface area contributed by atoms with Crippen molar-refractivity contribution in [2.75, 3.05) is 7.11 Å². The van der Waals surface area contributed by atoms with Crippen LogP contribution in [0, 0.1) is 0 Å². The summed E-state index contributed by atoms with van der Waals surface area (Å²) in [6, 6.07) is 3.62. The van der Waals surface area contributed by atoms with Crippen molar-refractivity contribution in [2.24, 2.45) is 0 Å².